The molecule has 0 aliphatic carbocycles. The summed E-state index contributed by atoms with van der Waals surface area (Å²) in [6.45, 7) is 4.10. The Morgan fingerprint density at radius 1 is 1.16 bits per heavy atom. The predicted molar refractivity (Wildman–Crippen MR) is 96.2 cm³/mol. The minimum atomic E-state index is -0.129. The fourth-order valence-electron chi connectivity index (χ4n) is 3.08. The van der Waals surface area contributed by atoms with Crippen molar-refractivity contribution in [1.82, 2.24) is 15.1 Å². The molecule has 1 N–H and O–H groups in total. The summed E-state index contributed by atoms with van der Waals surface area (Å²) in [5.41, 5.74) is 0.439. The van der Waals surface area contributed by atoms with Crippen LogP contribution in [0.25, 0.3) is 0 Å². The van der Waals surface area contributed by atoms with Crippen LogP contribution in [0.4, 0.5) is 0 Å². The van der Waals surface area contributed by atoms with E-state index in [1.165, 1.54) is 0 Å². The smallest absolute Gasteiger partial charge is 0.255 e. The van der Waals surface area contributed by atoms with Gasteiger partial charge in [0.05, 0.1) is 23.8 Å². The van der Waals surface area contributed by atoms with Crippen molar-refractivity contribution in [2.45, 2.75) is 12.5 Å². The molecule has 0 spiro atoms. The standard InChI is InChI=1S/C17H21Cl2N3O3/c18-12-1-2-14(15(19)9-12)17(24)22-6-4-21(5-7-22)16(23)10-13-11-25-8-3-20-13/h1-2,9,13,20H,3-8,10-11H2. The molecule has 136 valence electrons. The number of benzene rings is 1. The van der Waals surface area contributed by atoms with E-state index in [4.69, 9.17) is 27.9 Å². The van der Waals surface area contributed by atoms with Gasteiger partial charge in [0.1, 0.15) is 0 Å². The molecular formula is C17H21Cl2N3O3. The van der Waals surface area contributed by atoms with E-state index in [0.29, 0.717) is 61.4 Å². The molecule has 2 saturated heterocycles. The van der Waals surface area contributed by atoms with Crippen LogP contribution in [0.1, 0.15) is 16.8 Å². The first-order valence-corrected chi connectivity index (χ1v) is 9.13. The van der Waals surface area contributed by atoms with E-state index in [1.54, 1.807) is 23.1 Å². The molecule has 2 aliphatic heterocycles. The number of ether oxygens (including phenoxy) is 1. The minimum Gasteiger partial charge on any atom is -0.378 e. The van der Waals surface area contributed by atoms with E-state index >= 15 is 0 Å². The maximum absolute atomic E-state index is 12.6. The van der Waals surface area contributed by atoms with Crippen molar-refractivity contribution in [2.75, 3.05) is 45.9 Å². The molecule has 3 rings (SSSR count). The van der Waals surface area contributed by atoms with Crippen LogP contribution in [0, 0.1) is 0 Å². The third-order valence-corrected chi connectivity index (χ3v) is 5.05. The highest BCUT2D eigenvalue weighted by atomic mass is 35.5. The molecule has 2 heterocycles. The van der Waals surface area contributed by atoms with Crippen LogP contribution in [-0.2, 0) is 9.53 Å². The molecule has 0 radical (unpaired) electrons. The van der Waals surface area contributed by atoms with Gasteiger partial charge in [-0.05, 0) is 18.2 Å². The number of carbonyl (C=O) groups is 2. The lowest BCUT2D eigenvalue weighted by Gasteiger charge is -2.36. The van der Waals surface area contributed by atoms with Gasteiger partial charge in [-0.15, -0.1) is 0 Å². The van der Waals surface area contributed by atoms with Gasteiger partial charge in [-0.3, -0.25) is 9.59 Å². The number of piperazine rings is 1. The van der Waals surface area contributed by atoms with Crippen LogP contribution < -0.4 is 5.32 Å². The molecule has 1 atom stereocenters. The fourth-order valence-corrected chi connectivity index (χ4v) is 3.57. The molecule has 6 nitrogen and oxygen atoms in total. The number of carbonyl (C=O) groups excluding carboxylic acids is 2. The first-order chi connectivity index (χ1) is 12.0. The Morgan fingerprint density at radius 2 is 1.88 bits per heavy atom. The highest BCUT2D eigenvalue weighted by Gasteiger charge is 2.27. The van der Waals surface area contributed by atoms with Crippen molar-refractivity contribution in [2.24, 2.45) is 0 Å². The largest absolute Gasteiger partial charge is 0.378 e. The third kappa shape index (κ3) is 4.64. The average Bonchev–Trinajstić information content (AvgIpc) is 2.62. The second kappa shape index (κ2) is 8.36. The molecule has 2 amide bonds. The van der Waals surface area contributed by atoms with Gasteiger partial charge in [0.2, 0.25) is 5.91 Å². The summed E-state index contributed by atoms with van der Waals surface area (Å²) < 4.78 is 5.38. The highest BCUT2D eigenvalue weighted by Crippen LogP contribution is 2.23. The lowest BCUT2D eigenvalue weighted by atomic mass is 10.1. The van der Waals surface area contributed by atoms with Crippen molar-refractivity contribution >= 4 is 35.0 Å². The molecule has 1 aromatic carbocycles. The van der Waals surface area contributed by atoms with Crippen LogP contribution in [0.2, 0.25) is 10.0 Å². The van der Waals surface area contributed by atoms with Crippen LogP contribution >= 0.6 is 23.2 Å². The second-order valence-electron chi connectivity index (χ2n) is 6.23. The molecular weight excluding hydrogens is 365 g/mol. The Hall–Kier alpha value is -1.34. The zero-order valence-corrected chi connectivity index (χ0v) is 15.4. The summed E-state index contributed by atoms with van der Waals surface area (Å²) >= 11 is 12.0. The van der Waals surface area contributed by atoms with E-state index < -0.39 is 0 Å². The maximum Gasteiger partial charge on any atom is 0.255 e. The number of hydrogen-bond donors (Lipinski definition) is 1. The number of halogens is 2. The fraction of sp³-hybridized carbons (Fsp3) is 0.529. The molecule has 1 aromatic rings. The van der Waals surface area contributed by atoms with E-state index in [-0.39, 0.29) is 17.9 Å². The van der Waals surface area contributed by atoms with Crippen molar-refractivity contribution in [3.05, 3.63) is 33.8 Å². The Bertz CT molecular complexity index is 642. The normalized spacial score (nSPS) is 21.3. The Labute approximate surface area is 157 Å². The summed E-state index contributed by atoms with van der Waals surface area (Å²) in [5.74, 6) is -0.0317. The van der Waals surface area contributed by atoms with Crippen molar-refractivity contribution < 1.29 is 14.3 Å². The van der Waals surface area contributed by atoms with Crippen LogP contribution in [0.5, 0.6) is 0 Å². The third-order valence-electron chi connectivity index (χ3n) is 4.50. The van der Waals surface area contributed by atoms with Gasteiger partial charge in [-0.2, -0.15) is 0 Å². The first-order valence-electron chi connectivity index (χ1n) is 8.38. The summed E-state index contributed by atoms with van der Waals surface area (Å²) in [5, 5.41) is 4.13. The van der Waals surface area contributed by atoms with Crippen molar-refractivity contribution in [1.29, 1.82) is 0 Å². The highest BCUT2D eigenvalue weighted by molar-refractivity contribution is 6.36. The van der Waals surface area contributed by atoms with Gasteiger partial charge in [0.25, 0.3) is 5.91 Å². The second-order valence-corrected chi connectivity index (χ2v) is 7.07. The van der Waals surface area contributed by atoms with Crippen molar-refractivity contribution in [3.63, 3.8) is 0 Å². The lowest BCUT2D eigenvalue weighted by Crippen LogP contribution is -2.52. The average molecular weight is 386 g/mol. The van der Waals surface area contributed by atoms with Gasteiger partial charge in [0, 0.05) is 50.2 Å². The molecule has 1 unspecified atom stereocenters. The Kier molecular flexibility index (Phi) is 6.17. The van der Waals surface area contributed by atoms with Gasteiger partial charge in [0.15, 0.2) is 0 Å². The molecule has 8 heteroatoms. The Morgan fingerprint density at radius 3 is 2.52 bits per heavy atom. The quantitative estimate of drug-likeness (QED) is 0.859. The van der Waals surface area contributed by atoms with Crippen LogP contribution in [0.15, 0.2) is 18.2 Å². The van der Waals surface area contributed by atoms with E-state index in [2.05, 4.69) is 5.32 Å². The number of rotatable bonds is 3. The topological polar surface area (TPSA) is 61.9 Å². The summed E-state index contributed by atoms with van der Waals surface area (Å²) in [7, 11) is 0. The number of amides is 2. The predicted octanol–water partition coefficient (Wildman–Crippen LogP) is 1.66. The first kappa shape index (κ1) is 18.5. The number of nitrogens with zero attached hydrogens (tertiary/aromatic N) is 2. The molecule has 2 aliphatic rings. The molecule has 25 heavy (non-hydrogen) atoms. The lowest BCUT2D eigenvalue weighted by molar-refractivity contribution is -0.133. The van der Waals surface area contributed by atoms with Crippen LogP contribution in [0.3, 0.4) is 0 Å². The molecule has 0 saturated carbocycles. The Balaban J connectivity index is 1.52. The summed E-state index contributed by atoms with van der Waals surface area (Å²) in [4.78, 5) is 28.5. The van der Waals surface area contributed by atoms with Gasteiger partial charge < -0.3 is 19.9 Å². The summed E-state index contributed by atoms with van der Waals surface area (Å²) in [6, 6.07) is 4.93. The summed E-state index contributed by atoms with van der Waals surface area (Å²) in [6.07, 6.45) is 0.428. The zero-order chi connectivity index (χ0) is 17.8. The zero-order valence-electron chi connectivity index (χ0n) is 13.8. The SMILES string of the molecule is O=C(CC1COCCN1)N1CCN(C(=O)c2ccc(Cl)cc2Cl)CC1. The van der Waals surface area contributed by atoms with Gasteiger partial charge in [-0.25, -0.2) is 0 Å². The molecule has 2 fully saturated rings. The van der Waals surface area contributed by atoms with E-state index in [9.17, 15) is 9.59 Å². The number of morpholine rings is 1. The van der Waals surface area contributed by atoms with Gasteiger partial charge >= 0.3 is 0 Å². The van der Waals surface area contributed by atoms with E-state index in [1.807, 2.05) is 4.90 Å². The van der Waals surface area contributed by atoms with Crippen molar-refractivity contribution in [3.8, 4) is 0 Å². The van der Waals surface area contributed by atoms with Crippen LogP contribution in [-0.4, -0.2) is 73.6 Å². The number of nitrogens with one attached hydrogen (secondary N) is 1. The monoisotopic (exact) mass is 385 g/mol. The number of hydrogen-bond acceptors (Lipinski definition) is 4. The minimum absolute atomic E-state index is 0.0776. The molecule has 0 aromatic heterocycles. The van der Waals surface area contributed by atoms with E-state index in [0.717, 1.165) is 6.54 Å². The van der Waals surface area contributed by atoms with Gasteiger partial charge in [-0.1, -0.05) is 23.2 Å². The molecule has 0 bridgehead atoms. The maximum atomic E-state index is 12.6.